The molecular formula is C19H21N3O2S3. The molecule has 0 amide bonds. The minimum Gasteiger partial charge on any atom is -0.308 e. The van der Waals surface area contributed by atoms with Crippen molar-refractivity contribution >= 4 is 51.4 Å². The van der Waals surface area contributed by atoms with E-state index < -0.39 is 5.41 Å². The van der Waals surface area contributed by atoms with Gasteiger partial charge in [-0.1, -0.05) is 62.1 Å². The highest BCUT2D eigenvalue weighted by Crippen LogP contribution is 2.27. The number of benzene rings is 1. The van der Waals surface area contributed by atoms with Crippen molar-refractivity contribution in [1.29, 1.82) is 0 Å². The van der Waals surface area contributed by atoms with E-state index in [4.69, 9.17) is 17.2 Å². The Hall–Kier alpha value is -1.77. The van der Waals surface area contributed by atoms with E-state index in [1.165, 1.54) is 23.1 Å². The monoisotopic (exact) mass is 419 g/mol. The lowest BCUT2D eigenvalue weighted by Gasteiger charge is -2.17. The molecule has 0 fully saturated rings. The third-order valence-corrected chi connectivity index (χ3v) is 6.52. The predicted octanol–water partition coefficient (Wildman–Crippen LogP) is 4.71. The largest absolute Gasteiger partial charge is 0.308 e. The molecule has 8 heteroatoms. The van der Waals surface area contributed by atoms with Gasteiger partial charge in [-0.3, -0.25) is 14.2 Å². The van der Waals surface area contributed by atoms with Gasteiger partial charge in [-0.2, -0.15) is 0 Å². The van der Waals surface area contributed by atoms with E-state index >= 15 is 0 Å². The molecule has 1 aromatic carbocycles. The molecule has 5 nitrogen and oxygen atoms in total. The van der Waals surface area contributed by atoms with Crippen LogP contribution in [0.5, 0.6) is 0 Å². The number of hydrogen-bond acceptors (Lipinski definition) is 6. The number of rotatable bonds is 5. The maximum absolute atomic E-state index is 13.2. The Labute approximate surface area is 171 Å². The highest BCUT2D eigenvalue weighted by molar-refractivity contribution is 7.99. The fraction of sp³-hybridized carbons (Fsp3) is 0.368. The van der Waals surface area contributed by atoms with Crippen molar-refractivity contribution in [3.63, 3.8) is 0 Å². The molecule has 0 aliphatic rings. The highest BCUT2D eigenvalue weighted by Gasteiger charge is 2.23. The van der Waals surface area contributed by atoms with Crippen LogP contribution in [0.1, 0.15) is 27.7 Å². The molecule has 0 aliphatic heterocycles. The van der Waals surface area contributed by atoms with E-state index in [-0.39, 0.29) is 17.1 Å². The van der Waals surface area contributed by atoms with Crippen LogP contribution in [0.25, 0.3) is 16.0 Å². The second kappa shape index (κ2) is 7.69. The topological polar surface area (TPSA) is 56.9 Å². The van der Waals surface area contributed by atoms with Crippen molar-refractivity contribution in [3.05, 3.63) is 44.6 Å². The molecule has 0 spiro atoms. The fourth-order valence-electron chi connectivity index (χ4n) is 2.50. The maximum Gasteiger partial charge on any atom is 0.278 e. The molecule has 0 saturated heterocycles. The molecule has 27 heavy (non-hydrogen) atoms. The SMILES string of the molecule is CCn1c(=S)sc2c(=O)n(-c3ccccc3)c(SCC(=O)C(C)(C)C)nc21. The molecule has 142 valence electrons. The van der Waals surface area contributed by atoms with Crippen LogP contribution in [-0.2, 0) is 11.3 Å². The highest BCUT2D eigenvalue weighted by atomic mass is 32.2. The molecule has 0 unspecified atom stereocenters. The summed E-state index contributed by atoms with van der Waals surface area (Å²) in [5.41, 5.74) is 0.731. The van der Waals surface area contributed by atoms with Crippen LogP contribution in [0.3, 0.4) is 0 Å². The molecule has 3 aromatic rings. The van der Waals surface area contributed by atoms with E-state index in [2.05, 4.69) is 0 Å². The Morgan fingerprint density at radius 3 is 2.52 bits per heavy atom. The van der Waals surface area contributed by atoms with Crippen molar-refractivity contribution in [2.75, 3.05) is 5.75 Å². The Morgan fingerprint density at radius 1 is 1.26 bits per heavy atom. The Bertz CT molecular complexity index is 1110. The first kappa shape index (κ1) is 20.0. The summed E-state index contributed by atoms with van der Waals surface area (Å²) in [6.07, 6.45) is 0. The normalized spacial score (nSPS) is 11.9. The van der Waals surface area contributed by atoms with Crippen LogP contribution in [0.15, 0.2) is 40.3 Å². The summed E-state index contributed by atoms with van der Waals surface area (Å²) in [6, 6.07) is 9.37. The minimum absolute atomic E-state index is 0.110. The first-order valence-electron chi connectivity index (χ1n) is 8.62. The molecule has 2 heterocycles. The van der Waals surface area contributed by atoms with Crippen molar-refractivity contribution in [3.8, 4) is 5.69 Å². The Balaban J connectivity index is 2.21. The van der Waals surface area contributed by atoms with Gasteiger partial charge in [0.1, 0.15) is 10.5 Å². The lowest BCUT2D eigenvalue weighted by molar-refractivity contribution is -0.123. The van der Waals surface area contributed by atoms with Crippen LogP contribution in [-0.4, -0.2) is 25.7 Å². The fourth-order valence-corrected chi connectivity index (χ4v) is 5.06. The summed E-state index contributed by atoms with van der Waals surface area (Å²) in [6.45, 7) is 8.30. The number of hydrogen-bond donors (Lipinski definition) is 0. The Morgan fingerprint density at radius 2 is 1.93 bits per heavy atom. The molecule has 0 aliphatic carbocycles. The van der Waals surface area contributed by atoms with Crippen LogP contribution in [0, 0.1) is 9.37 Å². The van der Waals surface area contributed by atoms with Crippen molar-refractivity contribution < 1.29 is 4.79 Å². The van der Waals surface area contributed by atoms with Gasteiger partial charge in [0.15, 0.2) is 14.8 Å². The lowest BCUT2D eigenvalue weighted by Crippen LogP contribution is -2.24. The number of para-hydroxylation sites is 1. The summed E-state index contributed by atoms with van der Waals surface area (Å²) in [7, 11) is 0. The number of ketones is 1. The van der Waals surface area contributed by atoms with E-state index in [0.717, 1.165) is 5.69 Å². The number of thioether (sulfide) groups is 1. The van der Waals surface area contributed by atoms with E-state index in [1.54, 1.807) is 4.57 Å². The third-order valence-electron chi connectivity index (χ3n) is 4.16. The van der Waals surface area contributed by atoms with Gasteiger partial charge in [-0.15, -0.1) is 0 Å². The third kappa shape index (κ3) is 3.93. The van der Waals surface area contributed by atoms with E-state index in [9.17, 15) is 9.59 Å². The molecule has 0 N–H and O–H groups in total. The van der Waals surface area contributed by atoms with Crippen molar-refractivity contribution in [1.82, 2.24) is 14.1 Å². The average molecular weight is 420 g/mol. The van der Waals surface area contributed by atoms with Gasteiger partial charge in [-0.05, 0) is 31.3 Å². The smallest absolute Gasteiger partial charge is 0.278 e. The molecule has 3 rings (SSSR count). The van der Waals surface area contributed by atoms with E-state index in [0.29, 0.717) is 26.0 Å². The van der Waals surface area contributed by atoms with E-state index in [1.807, 2.05) is 62.6 Å². The number of thiazole rings is 1. The van der Waals surface area contributed by atoms with Crippen molar-refractivity contribution in [2.24, 2.45) is 5.41 Å². The first-order valence-corrected chi connectivity index (χ1v) is 10.8. The standard InChI is InChI=1S/C19H21N3O2S3/c1-5-21-15-14(27-18(21)25)16(24)22(12-9-7-6-8-10-12)17(20-15)26-11-13(23)19(2,3)4/h6-10H,5,11H2,1-4H3. The van der Waals surface area contributed by atoms with Gasteiger partial charge in [0.05, 0.1) is 11.4 Å². The molecule has 0 bridgehead atoms. The number of aryl methyl sites for hydroxylation is 1. The van der Waals surface area contributed by atoms with Gasteiger partial charge in [-0.25, -0.2) is 4.98 Å². The van der Waals surface area contributed by atoms with Crippen LogP contribution < -0.4 is 5.56 Å². The first-order chi connectivity index (χ1) is 12.7. The van der Waals surface area contributed by atoms with Gasteiger partial charge in [0.2, 0.25) is 0 Å². The zero-order chi connectivity index (χ0) is 19.8. The lowest BCUT2D eigenvalue weighted by atomic mass is 9.92. The number of nitrogens with zero attached hydrogens (tertiary/aromatic N) is 3. The second-order valence-corrected chi connectivity index (χ2v) is 9.68. The predicted molar refractivity (Wildman–Crippen MR) is 115 cm³/mol. The van der Waals surface area contributed by atoms with Gasteiger partial charge in [0, 0.05) is 12.0 Å². The molecule has 2 aromatic heterocycles. The minimum atomic E-state index is -0.436. The summed E-state index contributed by atoms with van der Waals surface area (Å²) in [5, 5.41) is 0.506. The maximum atomic E-state index is 13.2. The molecule has 0 atom stereocenters. The molecule has 0 saturated carbocycles. The van der Waals surface area contributed by atoms with Crippen LogP contribution in [0.4, 0.5) is 0 Å². The molecule has 0 radical (unpaired) electrons. The van der Waals surface area contributed by atoms with Gasteiger partial charge >= 0.3 is 0 Å². The summed E-state index contributed by atoms with van der Waals surface area (Å²) < 4.78 is 4.61. The summed E-state index contributed by atoms with van der Waals surface area (Å²) in [5.74, 6) is 0.366. The average Bonchev–Trinajstić information content (AvgIpc) is 2.95. The zero-order valence-electron chi connectivity index (χ0n) is 15.7. The zero-order valence-corrected chi connectivity index (χ0v) is 18.1. The quantitative estimate of drug-likeness (QED) is 0.341. The summed E-state index contributed by atoms with van der Waals surface area (Å²) >= 11 is 7.98. The van der Waals surface area contributed by atoms with Crippen molar-refractivity contribution in [2.45, 2.75) is 39.4 Å². The van der Waals surface area contributed by atoms with Gasteiger partial charge < -0.3 is 4.57 Å². The second-order valence-electron chi connectivity index (χ2n) is 7.10. The van der Waals surface area contributed by atoms with Crippen LogP contribution in [0.2, 0.25) is 0 Å². The number of fused-ring (bicyclic) bond motifs is 1. The Kier molecular flexibility index (Phi) is 5.69. The van der Waals surface area contributed by atoms with Crippen LogP contribution >= 0.6 is 35.3 Å². The number of carbonyl (C=O) groups excluding carboxylic acids is 1. The number of aromatic nitrogens is 3. The van der Waals surface area contributed by atoms with Gasteiger partial charge in [0.25, 0.3) is 5.56 Å². The number of Topliss-reactive ketones (excluding diaryl/α,β-unsaturated/α-hetero) is 1. The molecular weight excluding hydrogens is 398 g/mol. The summed E-state index contributed by atoms with van der Waals surface area (Å²) in [4.78, 5) is 30.4. The number of carbonyl (C=O) groups is 1.